The summed E-state index contributed by atoms with van der Waals surface area (Å²) in [6, 6.07) is 7.66. The van der Waals surface area contributed by atoms with Crippen LogP contribution in [0.5, 0.6) is 5.75 Å². The Labute approximate surface area is 83.3 Å². The molecule has 3 heteroatoms. The molecule has 3 nitrogen and oxygen atoms in total. The highest BCUT2D eigenvalue weighted by molar-refractivity contribution is 5.93. The Bertz CT molecular complexity index is 349. The van der Waals surface area contributed by atoms with Crippen molar-refractivity contribution in [1.82, 2.24) is 0 Å². The number of ether oxygens (including phenoxy) is 1. The summed E-state index contributed by atoms with van der Waals surface area (Å²) >= 11 is 0. The maximum Gasteiger partial charge on any atom is 0.223 e. The number of hydrogen-bond donors (Lipinski definition) is 0. The zero-order valence-electron chi connectivity index (χ0n) is 8.19. The molecule has 1 amide bonds. The standard InChI is InChI=1S/C11H13NO2/c1-9(13)12-7-4-8-14-11-6-3-2-5-10(11)12/h2-3,5-6H,4,7-8H2,1H3. The van der Waals surface area contributed by atoms with Crippen molar-refractivity contribution in [1.29, 1.82) is 0 Å². The van der Waals surface area contributed by atoms with Crippen LogP contribution < -0.4 is 9.64 Å². The molecule has 0 fully saturated rings. The van der Waals surface area contributed by atoms with Gasteiger partial charge in [0.25, 0.3) is 0 Å². The second-order valence-electron chi connectivity index (χ2n) is 3.34. The predicted molar refractivity (Wildman–Crippen MR) is 54.6 cm³/mol. The molecule has 0 saturated carbocycles. The lowest BCUT2D eigenvalue weighted by molar-refractivity contribution is -0.116. The van der Waals surface area contributed by atoms with Gasteiger partial charge in [0, 0.05) is 13.5 Å². The van der Waals surface area contributed by atoms with E-state index in [2.05, 4.69) is 0 Å². The highest BCUT2D eigenvalue weighted by atomic mass is 16.5. The second kappa shape index (κ2) is 3.70. The first-order chi connectivity index (χ1) is 6.79. The molecule has 0 aromatic heterocycles. The van der Waals surface area contributed by atoms with Crippen molar-refractivity contribution >= 4 is 11.6 Å². The van der Waals surface area contributed by atoms with E-state index in [4.69, 9.17) is 4.74 Å². The lowest BCUT2D eigenvalue weighted by Gasteiger charge is -2.19. The Morgan fingerprint density at radius 2 is 2.21 bits per heavy atom. The summed E-state index contributed by atoms with van der Waals surface area (Å²) in [5.74, 6) is 0.878. The number of benzene rings is 1. The number of carbonyl (C=O) groups excluding carboxylic acids is 1. The van der Waals surface area contributed by atoms with Crippen LogP contribution in [0.3, 0.4) is 0 Å². The minimum atomic E-state index is 0.0722. The molecule has 0 bridgehead atoms. The second-order valence-corrected chi connectivity index (χ2v) is 3.34. The summed E-state index contributed by atoms with van der Waals surface area (Å²) in [6.45, 7) is 3.01. The van der Waals surface area contributed by atoms with Gasteiger partial charge in [-0.15, -0.1) is 0 Å². The lowest BCUT2D eigenvalue weighted by atomic mass is 10.2. The van der Waals surface area contributed by atoms with Crippen molar-refractivity contribution < 1.29 is 9.53 Å². The molecule has 0 aliphatic carbocycles. The van der Waals surface area contributed by atoms with Gasteiger partial charge in [0.05, 0.1) is 12.3 Å². The number of rotatable bonds is 0. The van der Waals surface area contributed by atoms with E-state index >= 15 is 0 Å². The molecule has 1 aliphatic heterocycles. The number of carbonyl (C=O) groups is 1. The average Bonchev–Trinajstić information content (AvgIpc) is 2.39. The van der Waals surface area contributed by atoms with Crippen LogP contribution in [0.4, 0.5) is 5.69 Å². The van der Waals surface area contributed by atoms with Gasteiger partial charge >= 0.3 is 0 Å². The topological polar surface area (TPSA) is 29.5 Å². The maximum atomic E-state index is 11.4. The summed E-state index contributed by atoms with van der Waals surface area (Å²) in [4.78, 5) is 13.2. The fraction of sp³-hybridized carbons (Fsp3) is 0.364. The average molecular weight is 191 g/mol. The van der Waals surface area contributed by atoms with Crippen molar-refractivity contribution in [2.45, 2.75) is 13.3 Å². The normalized spacial score (nSPS) is 15.4. The highest BCUT2D eigenvalue weighted by Gasteiger charge is 2.18. The van der Waals surface area contributed by atoms with Gasteiger partial charge in [-0.05, 0) is 18.6 Å². The molecule has 0 spiro atoms. The van der Waals surface area contributed by atoms with Gasteiger partial charge in [0.1, 0.15) is 5.75 Å². The smallest absolute Gasteiger partial charge is 0.223 e. The first-order valence-electron chi connectivity index (χ1n) is 4.79. The summed E-state index contributed by atoms with van der Waals surface area (Å²) in [6.07, 6.45) is 0.883. The van der Waals surface area contributed by atoms with Crippen LogP contribution in [0, 0.1) is 0 Å². The molecule has 0 unspecified atom stereocenters. The van der Waals surface area contributed by atoms with E-state index in [1.807, 2.05) is 24.3 Å². The fourth-order valence-corrected chi connectivity index (χ4v) is 1.65. The molecular weight excluding hydrogens is 178 g/mol. The van der Waals surface area contributed by atoms with Gasteiger partial charge in [-0.3, -0.25) is 4.79 Å². The third kappa shape index (κ3) is 1.58. The zero-order valence-corrected chi connectivity index (χ0v) is 8.19. The van der Waals surface area contributed by atoms with Gasteiger partial charge in [-0.2, -0.15) is 0 Å². The molecule has 1 aromatic carbocycles. The maximum absolute atomic E-state index is 11.4. The molecule has 14 heavy (non-hydrogen) atoms. The quantitative estimate of drug-likeness (QED) is 0.626. The SMILES string of the molecule is CC(=O)N1CCCOc2ccccc21. The van der Waals surface area contributed by atoms with Crippen molar-refractivity contribution in [3.63, 3.8) is 0 Å². The molecule has 1 heterocycles. The number of hydrogen-bond acceptors (Lipinski definition) is 2. The van der Waals surface area contributed by atoms with Crippen LogP contribution in [-0.2, 0) is 4.79 Å². The van der Waals surface area contributed by atoms with Gasteiger partial charge in [-0.25, -0.2) is 0 Å². The van der Waals surface area contributed by atoms with Gasteiger partial charge in [0.15, 0.2) is 0 Å². The van der Waals surface area contributed by atoms with Crippen LogP contribution in [0.25, 0.3) is 0 Å². The molecule has 1 aromatic rings. The van der Waals surface area contributed by atoms with Crippen molar-refractivity contribution in [2.24, 2.45) is 0 Å². The van der Waals surface area contributed by atoms with Crippen LogP contribution >= 0.6 is 0 Å². The molecular formula is C11H13NO2. The third-order valence-electron chi connectivity index (χ3n) is 2.32. The highest BCUT2D eigenvalue weighted by Crippen LogP contribution is 2.30. The van der Waals surface area contributed by atoms with Crippen LogP contribution in [0.1, 0.15) is 13.3 Å². The van der Waals surface area contributed by atoms with E-state index in [0.29, 0.717) is 6.61 Å². The van der Waals surface area contributed by atoms with Crippen LogP contribution in [0.15, 0.2) is 24.3 Å². The summed E-state index contributed by atoms with van der Waals surface area (Å²) in [5, 5.41) is 0. The minimum Gasteiger partial charge on any atom is -0.491 e. The number of para-hydroxylation sites is 2. The van der Waals surface area contributed by atoms with E-state index < -0.39 is 0 Å². The van der Waals surface area contributed by atoms with Gasteiger partial charge in [-0.1, -0.05) is 12.1 Å². The molecule has 0 radical (unpaired) electrons. The van der Waals surface area contributed by atoms with Gasteiger partial charge in [0.2, 0.25) is 5.91 Å². The first-order valence-corrected chi connectivity index (χ1v) is 4.79. The van der Waals surface area contributed by atoms with E-state index in [1.165, 1.54) is 0 Å². The number of anilines is 1. The van der Waals surface area contributed by atoms with Crippen molar-refractivity contribution in [3.8, 4) is 5.75 Å². The number of nitrogens with zero attached hydrogens (tertiary/aromatic N) is 1. The van der Waals surface area contributed by atoms with Crippen LogP contribution in [0.2, 0.25) is 0 Å². The largest absolute Gasteiger partial charge is 0.491 e. The molecule has 0 N–H and O–H groups in total. The number of fused-ring (bicyclic) bond motifs is 1. The van der Waals surface area contributed by atoms with Crippen molar-refractivity contribution in [2.75, 3.05) is 18.1 Å². The zero-order chi connectivity index (χ0) is 9.97. The molecule has 0 atom stereocenters. The van der Waals surface area contributed by atoms with Crippen LogP contribution in [-0.4, -0.2) is 19.1 Å². The Balaban J connectivity index is 2.42. The van der Waals surface area contributed by atoms with E-state index in [1.54, 1.807) is 11.8 Å². The Hall–Kier alpha value is -1.51. The van der Waals surface area contributed by atoms with E-state index in [0.717, 1.165) is 24.4 Å². The Morgan fingerprint density at radius 3 is 3.00 bits per heavy atom. The fourth-order valence-electron chi connectivity index (χ4n) is 1.65. The lowest BCUT2D eigenvalue weighted by Crippen LogP contribution is -2.28. The molecule has 2 rings (SSSR count). The molecule has 0 saturated heterocycles. The minimum absolute atomic E-state index is 0.0722. The third-order valence-corrected chi connectivity index (χ3v) is 2.32. The van der Waals surface area contributed by atoms with E-state index in [-0.39, 0.29) is 5.91 Å². The molecule has 74 valence electrons. The monoisotopic (exact) mass is 191 g/mol. The summed E-state index contributed by atoms with van der Waals surface area (Å²) < 4.78 is 5.53. The van der Waals surface area contributed by atoms with Crippen molar-refractivity contribution in [3.05, 3.63) is 24.3 Å². The van der Waals surface area contributed by atoms with E-state index in [9.17, 15) is 4.79 Å². The van der Waals surface area contributed by atoms with Gasteiger partial charge < -0.3 is 9.64 Å². The number of amides is 1. The Kier molecular flexibility index (Phi) is 2.39. The summed E-state index contributed by atoms with van der Waals surface area (Å²) in [7, 11) is 0. The summed E-state index contributed by atoms with van der Waals surface area (Å²) in [5.41, 5.74) is 0.887. The molecule has 1 aliphatic rings. The predicted octanol–water partition coefficient (Wildman–Crippen LogP) is 1.82. The Morgan fingerprint density at radius 1 is 1.43 bits per heavy atom. The first kappa shape index (κ1) is 9.06.